The van der Waals surface area contributed by atoms with Crippen LogP contribution in [0, 0.1) is 0 Å². The number of carbonyl (C=O) groups excluding carboxylic acids is 2. The average molecular weight is 475 g/mol. The molecule has 1 aromatic heterocycles. The van der Waals surface area contributed by atoms with Gasteiger partial charge in [0, 0.05) is 29.9 Å². The Labute approximate surface area is 224 Å². The van der Waals surface area contributed by atoms with Crippen LogP contribution in [0.3, 0.4) is 0 Å². The Morgan fingerprint density at radius 3 is 2.46 bits per heavy atom. The summed E-state index contributed by atoms with van der Waals surface area (Å²) in [6.07, 6.45) is 4.56. The van der Waals surface area contributed by atoms with Crippen LogP contribution in [0.15, 0.2) is 59.1 Å². The number of carbonyl (C=O) groups is 2. The Morgan fingerprint density at radius 2 is 1.71 bits per heavy atom. The third-order valence-electron chi connectivity index (χ3n) is 6.70. The molecule has 1 aliphatic heterocycles. The Morgan fingerprint density at radius 1 is 0.971 bits per heavy atom. The number of rotatable bonds is 4. The second-order valence-corrected chi connectivity index (χ2v) is 8.82. The van der Waals surface area contributed by atoms with E-state index in [0.29, 0.717) is 39.2 Å². The van der Waals surface area contributed by atoms with Crippen molar-refractivity contribution in [2.24, 2.45) is 0 Å². The molecule has 0 saturated carbocycles. The summed E-state index contributed by atoms with van der Waals surface area (Å²) in [5.74, 6) is -0.780. The second-order valence-electron chi connectivity index (χ2n) is 8.82. The first-order valence-corrected chi connectivity index (χ1v) is 11.6. The molecule has 1 saturated heterocycles. The third-order valence-corrected chi connectivity index (χ3v) is 6.70. The van der Waals surface area contributed by atoms with E-state index < -0.39 is 5.97 Å². The number of aromatic nitrogens is 1. The van der Waals surface area contributed by atoms with E-state index in [1.54, 1.807) is 18.2 Å². The van der Waals surface area contributed by atoms with Gasteiger partial charge in [0.25, 0.3) is 0 Å². The van der Waals surface area contributed by atoms with Gasteiger partial charge in [0.15, 0.2) is 11.5 Å². The van der Waals surface area contributed by atoms with Crippen molar-refractivity contribution in [3.05, 3.63) is 71.3 Å². The summed E-state index contributed by atoms with van der Waals surface area (Å²) >= 11 is 0. The molecule has 1 N–H and O–H groups in total. The van der Waals surface area contributed by atoms with E-state index in [1.807, 2.05) is 24.3 Å². The molecule has 1 aliphatic carbocycles. The normalized spacial score (nSPS) is 14.7. The summed E-state index contributed by atoms with van der Waals surface area (Å²) in [4.78, 5) is 27.4. The summed E-state index contributed by atoms with van der Waals surface area (Å²) in [6.45, 7) is 1.81. The SMILES string of the molecule is O=C([O-])c1cccc(Nc2cc(N3CCCCCC3)c3noc4c3c2C(=O)c2ccccc2-4)c1.[Na+]. The first-order chi connectivity index (χ1) is 16.6. The van der Waals surface area contributed by atoms with E-state index in [2.05, 4.69) is 15.4 Å². The Hall–Kier alpha value is -3.13. The van der Waals surface area contributed by atoms with E-state index in [-0.39, 0.29) is 40.9 Å². The number of carboxylic acid groups (broad SMARTS) is 1. The molecule has 0 bridgehead atoms. The molecule has 0 unspecified atom stereocenters. The van der Waals surface area contributed by atoms with Gasteiger partial charge in [-0.2, -0.15) is 0 Å². The zero-order chi connectivity index (χ0) is 23.2. The fourth-order valence-corrected chi connectivity index (χ4v) is 5.07. The number of hydrogen-bond donors (Lipinski definition) is 1. The van der Waals surface area contributed by atoms with Crippen LogP contribution in [-0.2, 0) is 0 Å². The van der Waals surface area contributed by atoms with E-state index in [0.717, 1.165) is 37.2 Å². The molecule has 0 atom stereocenters. The fraction of sp³-hybridized carbons (Fsp3) is 0.222. The predicted octanol–water partition coefficient (Wildman–Crippen LogP) is 1.53. The molecule has 0 radical (unpaired) electrons. The van der Waals surface area contributed by atoms with Crippen LogP contribution in [-0.4, -0.2) is 30.0 Å². The number of anilines is 3. The Kier molecular flexibility index (Phi) is 6.40. The van der Waals surface area contributed by atoms with Crippen molar-refractivity contribution in [3.63, 3.8) is 0 Å². The maximum Gasteiger partial charge on any atom is 1.00 e. The van der Waals surface area contributed by atoms with Crippen molar-refractivity contribution >= 4 is 39.7 Å². The molecule has 170 valence electrons. The molecule has 4 aromatic rings. The van der Waals surface area contributed by atoms with Crippen LogP contribution in [0.5, 0.6) is 0 Å². The number of benzene rings is 3. The van der Waals surface area contributed by atoms with Crippen molar-refractivity contribution in [2.75, 3.05) is 23.3 Å². The zero-order valence-corrected chi connectivity index (χ0v) is 21.5. The van der Waals surface area contributed by atoms with Gasteiger partial charge in [0.05, 0.1) is 28.3 Å². The first kappa shape index (κ1) is 23.6. The van der Waals surface area contributed by atoms with Gasteiger partial charge in [0.2, 0.25) is 0 Å². The molecule has 35 heavy (non-hydrogen) atoms. The van der Waals surface area contributed by atoms with E-state index >= 15 is 0 Å². The average Bonchev–Trinajstić information content (AvgIpc) is 3.11. The minimum atomic E-state index is -1.25. The van der Waals surface area contributed by atoms with Crippen LogP contribution in [0.1, 0.15) is 52.0 Å². The minimum Gasteiger partial charge on any atom is -0.545 e. The number of aromatic carboxylic acids is 1. The molecule has 3 aromatic carbocycles. The van der Waals surface area contributed by atoms with Crippen molar-refractivity contribution in [1.29, 1.82) is 0 Å². The number of nitrogens with one attached hydrogen (secondary N) is 1. The van der Waals surface area contributed by atoms with Crippen LogP contribution in [0.2, 0.25) is 0 Å². The van der Waals surface area contributed by atoms with Gasteiger partial charge >= 0.3 is 29.6 Å². The van der Waals surface area contributed by atoms with E-state index in [4.69, 9.17) is 4.52 Å². The van der Waals surface area contributed by atoms with Gasteiger partial charge in [-0.05, 0) is 36.6 Å². The van der Waals surface area contributed by atoms with Gasteiger partial charge in [-0.15, -0.1) is 0 Å². The molecular formula is C27H22N3NaO4. The maximum absolute atomic E-state index is 13.7. The third kappa shape index (κ3) is 4.03. The molecule has 6 rings (SSSR count). The smallest absolute Gasteiger partial charge is 0.545 e. The monoisotopic (exact) mass is 475 g/mol. The Bertz CT molecular complexity index is 1450. The van der Waals surface area contributed by atoms with E-state index in [1.165, 1.54) is 25.0 Å². The molecule has 1 fully saturated rings. The summed E-state index contributed by atoms with van der Waals surface area (Å²) in [5.41, 5.74) is 4.61. The van der Waals surface area contributed by atoms with Gasteiger partial charge in [-0.25, -0.2) is 0 Å². The molecule has 7 nitrogen and oxygen atoms in total. The molecule has 0 spiro atoms. The van der Waals surface area contributed by atoms with Gasteiger partial charge in [-0.3, -0.25) is 4.79 Å². The summed E-state index contributed by atoms with van der Waals surface area (Å²) in [7, 11) is 0. The van der Waals surface area contributed by atoms with Gasteiger partial charge in [-0.1, -0.05) is 54.4 Å². The molecular weight excluding hydrogens is 453 g/mol. The van der Waals surface area contributed by atoms with Crippen molar-refractivity contribution in [2.45, 2.75) is 25.7 Å². The van der Waals surface area contributed by atoms with Crippen LogP contribution >= 0.6 is 0 Å². The quantitative estimate of drug-likeness (QED) is 0.394. The maximum atomic E-state index is 13.7. The summed E-state index contributed by atoms with van der Waals surface area (Å²) in [6, 6.07) is 15.7. The number of hydrogen-bond acceptors (Lipinski definition) is 7. The molecule has 0 amide bonds. The van der Waals surface area contributed by atoms with Crippen LogP contribution in [0.4, 0.5) is 17.1 Å². The topological polar surface area (TPSA) is 98.5 Å². The number of carboxylic acids is 1. The number of ketones is 1. The van der Waals surface area contributed by atoms with Crippen LogP contribution < -0.4 is 44.9 Å². The van der Waals surface area contributed by atoms with Crippen molar-refractivity contribution in [3.8, 4) is 11.3 Å². The standard InChI is InChI=1S/C27H23N3O4.Na/c31-25-18-10-3-4-11-19(18)26-23-22(25)20(28-17-9-7-8-16(14-17)27(32)33)15-21(24(23)29-34-26)30-12-5-1-2-6-13-30;/h3-4,7-11,14-15,28H,1-2,5-6,12-13H2,(H,32,33);/q;+1/p-1. The molecule has 2 aliphatic rings. The van der Waals surface area contributed by atoms with Gasteiger partial charge in [0.1, 0.15) is 5.52 Å². The first-order valence-electron chi connectivity index (χ1n) is 11.6. The van der Waals surface area contributed by atoms with Gasteiger partial charge < -0.3 is 24.6 Å². The minimum absolute atomic E-state index is 0. The molecule has 8 heteroatoms. The number of fused-ring (bicyclic) bond motifs is 2. The number of nitrogens with zero attached hydrogens (tertiary/aromatic N) is 2. The fourth-order valence-electron chi connectivity index (χ4n) is 5.07. The largest absolute Gasteiger partial charge is 1.00 e. The second kappa shape index (κ2) is 9.49. The van der Waals surface area contributed by atoms with Crippen molar-refractivity contribution < 1.29 is 48.8 Å². The zero-order valence-electron chi connectivity index (χ0n) is 19.5. The summed E-state index contributed by atoms with van der Waals surface area (Å²) < 4.78 is 5.85. The van der Waals surface area contributed by atoms with E-state index in [9.17, 15) is 14.7 Å². The van der Waals surface area contributed by atoms with Crippen molar-refractivity contribution in [1.82, 2.24) is 5.16 Å². The molecule has 2 heterocycles. The Balaban J connectivity index is 0.00000253. The van der Waals surface area contributed by atoms with Crippen LogP contribution in [0.25, 0.3) is 22.2 Å². The summed E-state index contributed by atoms with van der Waals surface area (Å²) in [5, 5.41) is 19.8. The predicted molar refractivity (Wildman–Crippen MR) is 128 cm³/mol.